The summed E-state index contributed by atoms with van der Waals surface area (Å²) < 4.78 is 31.3. The van der Waals surface area contributed by atoms with Gasteiger partial charge in [-0.3, -0.25) is 4.79 Å². The third kappa shape index (κ3) is 6.06. The maximum Gasteiger partial charge on any atom is 0.239 e. The van der Waals surface area contributed by atoms with E-state index in [0.717, 1.165) is 10.6 Å². The van der Waals surface area contributed by atoms with Gasteiger partial charge in [0.1, 0.15) is 5.75 Å². The number of halogens is 1. The molecule has 156 valence electrons. The molecule has 0 aliphatic heterocycles. The summed E-state index contributed by atoms with van der Waals surface area (Å²) in [6.07, 6.45) is 1.06. The number of ether oxygens (including phenoxy) is 1. The first-order valence-corrected chi connectivity index (χ1v) is 11.4. The fourth-order valence-corrected chi connectivity index (χ4v) is 3.65. The minimum atomic E-state index is -3.64. The number of hydrogen-bond donors (Lipinski definition) is 1. The van der Waals surface area contributed by atoms with Crippen LogP contribution in [-0.4, -0.2) is 31.4 Å². The largest absolute Gasteiger partial charge is 0.455 e. The molecular formula is C22H21ClN2O4S. The number of anilines is 1. The van der Waals surface area contributed by atoms with Crippen LogP contribution in [0, 0.1) is 0 Å². The number of benzene rings is 3. The van der Waals surface area contributed by atoms with Gasteiger partial charge in [-0.05, 0) is 35.9 Å². The Bertz CT molecular complexity index is 1120. The summed E-state index contributed by atoms with van der Waals surface area (Å²) in [5.41, 5.74) is 1.06. The van der Waals surface area contributed by atoms with Gasteiger partial charge in [0, 0.05) is 11.6 Å². The lowest BCUT2D eigenvalue weighted by molar-refractivity contribution is -0.116. The molecule has 30 heavy (non-hydrogen) atoms. The average molecular weight is 445 g/mol. The molecule has 1 N–H and O–H groups in total. The highest BCUT2D eigenvalue weighted by Gasteiger charge is 2.22. The summed E-state index contributed by atoms with van der Waals surface area (Å²) >= 11 is 6.14. The van der Waals surface area contributed by atoms with Gasteiger partial charge in [0.05, 0.1) is 18.5 Å². The van der Waals surface area contributed by atoms with Crippen LogP contribution >= 0.6 is 11.6 Å². The Kier molecular flexibility index (Phi) is 7.10. The predicted molar refractivity (Wildman–Crippen MR) is 118 cm³/mol. The highest BCUT2D eigenvalue weighted by atomic mass is 35.5. The van der Waals surface area contributed by atoms with Gasteiger partial charge >= 0.3 is 0 Å². The summed E-state index contributed by atoms with van der Waals surface area (Å²) in [4.78, 5) is 12.6. The van der Waals surface area contributed by atoms with E-state index in [9.17, 15) is 13.2 Å². The first-order chi connectivity index (χ1) is 14.3. The molecule has 8 heteroatoms. The molecule has 0 bridgehead atoms. The molecule has 0 aromatic heterocycles. The van der Waals surface area contributed by atoms with Crippen molar-refractivity contribution in [1.29, 1.82) is 0 Å². The van der Waals surface area contributed by atoms with E-state index in [4.69, 9.17) is 16.3 Å². The minimum absolute atomic E-state index is 0.00586. The molecule has 0 saturated heterocycles. The molecule has 3 aromatic carbocycles. The van der Waals surface area contributed by atoms with Crippen LogP contribution in [0.1, 0.15) is 5.56 Å². The maximum atomic E-state index is 12.6. The number of nitrogens with zero attached hydrogens (tertiary/aromatic N) is 1. The first-order valence-electron chi connectivity index (χ1n) is 9.13. The predicted octanol–water partition coefficient (Wildman–Crippen LogP) is 4.53. The number of carbonyl (C=O) groups is 1. The van der Waals surface area contributed by atoms with Gasteiger partial charge in [-0.2, -0.15) is 4.31 Å². The molecule has 0 atom stereocenters. The van der Waals surface area contributed by atoms with Crippen molar-refractivity contribution in [1.82, 2.24) is 4.31 Å². The van der Waals surface area contributed by atoms with Crippen molar-refractivity contribution in [3.8, 4) is 11.5 Å². The van der Waals surface area contributed by atoms with E-state index in [1.165, 1.54) is 0 Å². The number of amides is 1. The van der Waals surface area contributed by atoms with Crippen LogP contribution in [0.5, 0.6) is 11.5 Å². The third-order valence-electron chi connectivity index (χ3n) is 4.23. The Hall–Kier alpha value is -2.87. The fraction of sp³-hybridized carbons (Fsp3) is 0.136. The molecule has 0 aliphatic carbocycles. The van der Waals surface area contributed by atoms with Crippen LogP contribution in [-0.2, 0) is 21.4 Å². The molecule has 0 unspecified atom stereocenters. The third-order valence-corrected chi connectivity index (χ3v) is 5.79. The second-order valence-corrected chi connectivity index (χ2v) is 8.97. The Labute approximate surface area is 181 Å². The van der Waals surface area contributed by atoms with E-state index in [2.05, 4.69) is 5.32 Å². The van der Waals surface area contributed by atoms with Crippen molar-refractivity contribution >= 4 is 33.2 Å². The van der Waals surface area contributed by atoms with E-state index < -0.39 is 15.9 Å². The van der Waals surface area contributed by atoms with Crippen molar-refractivity contribution in [2.24, 2.45) is 0 Å². The molecule has 0 spiro atoms. The lowest BCUT2D eigenvalue weighted by atomic mass is 10.2. The van der Waals surface area contributed by atoms with Crippen molar-refractivity contribution in [2.75, 3.05) is 18.1 Å². The quantitative estimate of drug-likeness (QED) is 0.553. The summed E-state index contributed by atoms with van der Waals surface area (Å²) in [6, 6.07) is 23.0. The molecule has 0 saturated carbocycles. The number of rotatable bonds is 8. The fourth-order valence-electron chi connectivity index (χ4n) is 2.73. The topological polar surface area (TPSA) is 75.7 Å². The molecule has 1 amide bonds. The van der Waals surface area contributed by atoms with Gasteiger partial charge in [-0.1, -0.05) is 60.1 Å². The molecule has 3 rings (SSSR count). The van der Waals surface area contributed by atoms with Crippen molar-refractivity contribution < 1.29 is 17.9 Å². The highest BCUT2D eigenvalue weighted by Crippen LogP contribution is 2.29. The molecule has 0 fully saturated rings. The maximum absolute atomic E-state index is 12.6. The molecular weight excluding hydrogens is 424 g/mol. The zero-order chi connectivity index (χ0) is 21.6. The number of carbonyl (C=O) groups excluding carboxylic acids is 1. The van der Waals surface area contributed by atoms with Gasteiger partial charge in [0.2, 0.25) is 15.9 Å². The lowest BCUT2D eigenvalue weighted by Crippen LogP contribution is -2.37. The summed E-state index contributed by atoms with van der Waals surface area (Å²) in [5, 5.41) is 3.17. The number of sulfonamides is 1. The minimum Gasteiger partial charge on any atom is -0.455 e. The molecule has 3 aromatic rings. The zero-order valence-corrected chi connectivity index (χ0v) is 17.9. The van der Waals surface area contributed by atoms with Gasteiger partial charge in [0.25, 0.3) is 0 Å². The summed E-state index contributed by atoms with van der Waals surface area (Å²) in [7, 11) is -3.64. The van der Waals surface area contributed by atoms with Crippen LogP contribution in [0.25, 0.3) is 0 Å². The lowest BCUT2D eigenvalue weighted by Gasteiger charge is -2.20. The van der Waals surface area contributed by atoms with Crippen LogP contribution in [0.4, 0.5) is 5.69 Å². The van der Waals surface area contributed by atoms with Crippen molar-refractivity contribution in [2.45, 2.75) is 6.54 Å². The van der Waals surface area contributed by atoms with E-state index >= 15 is 0 Å². The van der Waals surface area contributed by atoms with Crippen LogP contribution in [0.15, 0.2) is 78.9 Å². The van der Waals surface area contributed by atoms with Crippen LogP contribution in [0.2, 0.25) is 5.02 Å². The number of nitrogens with one attached hydrogen (secondary N) is 1. The van der Waals surface area contributed by atoms with Crippen LogP contribution < -0.4 is 10.1 Å². The zero-order valence-electron chi connectivity index (χ0n) is 16.3. The Morgan fingerprint density at radius 3 is 2.30 bits per heavy atom. The highest BCUT2D eigenvalue weighted by molar-refractivity contribution is 7.88. The summed E-state index contributed by atoms with van der Waals surface area (Å²) in [6.45, 7) is -0.363. The van der Waals surface area contributed by atoms with Gasteiger partial charge < -0.3 is 10.1 Å². The van der Waals surface area contributed by atoms with E-state index in [1.54, 1.807) is 60.7 Å². The van der Waals surface area contributed by atoms with Crippen molar-refractivity contribution in [3.63, 3.8) is 0 Å². The second kappa shape index (κ2) is 9.75. The van der Waals surface area contributed by atoms with Gasteiger partial charge in [-0.15, -0.1) is 0 Å². The Morgan fingerprint density at radius 1 is 0.967 bits per heavy atom. The summed E-state index contributed by atoms with van der Waals surface area (Å²) in [5.74, 6) is 0.585. The Balaban J connectivity index is 1.74. The molecule has 0 heterocycles. The van der Waals surface area contributed by atoms with E-state index in [-0.39, 0.29) is 13.1 Å². The first kappa shape index (κ1) is 21.8. The van der Waals surface area contributed by atoms with Crippen LogP contribution in [0.3, 0.4) is 0 Å². The Morgan fingerprint density at radius 2 is 1.60 bits per heavy atom. The van der Waals surface area contributed by atoms with E-state index in [0.29, 0.717) is 27.8 Å². The van der Waals surface area contributed by atoms with E-state index in [1.807, 2.05) is 18.2 Å². The molecule has 6 nitrogen and oxygen atoms in total. The SMILES string of the molecule is CS(=O)(=O)N(CC(=O)Nc1ccccc1Oc1ccccc1)Cc1ccccc1Cl. The average Bonchev–Trinajstić information content (AvgIpc) is 2.70. The standard InChI is InChI=1S/C22H21ClN2O4S/c1-30(27,28)25(15-17-9-5-6-12-19(17)23)16-22(26)24-20-13-7-8-14-21(20)29-18-10-3-2-4-11-18/h2-14H,15-16H2,1H3,(H,24,26). The van der Waals surface area contributed by atoms with Crippen molar-refractivity contribution in [3.05, 3.63) is 89.4 Å². The number of para-hydroxylation sites is 3. The smallest absolute Gasteiger partial charge is 0.239 e. The normalized spacial score (nSPS) is 11.3. The van der Waals surface area contributed by atoms with Gasteiger partial charge in [-0.25, -0.2) is 8.42 Å². The molecule has 0 radical (unpaired) electrons. The van der Waals surface area contributed by atoms with Gasteiger partial charge in [0.15, 0.2) is 5.75 Å². The number of hydrogen-bond acceptors (Lipinski definition) is 4. The second-order valence-electron chi connectivity index (χ2n) is 6.58. The molecule has 0 aliphatic rings. The monoisotopic (exact) mass is 444 g/mol.